The number of nitrogens with one attached hydrogen (secondary N) is 3. The van der Waals surface area contributed by atoms with Gasteiger partial charge in [-0.05, 0) is 55.9 Å². The molecule has 0 radical (unpaired) electrons. The van der Waals surface area contributed by atoms with Gasteiger partial charge >= 0.3 is 0 Å². The van der Waals surface area contributed by atoms with Crippen molar-refractivity contribution in [3.05, 3.63) is 54.0 Å². The van der Waals surface area contributed by atoms with Gasteiger partial charge in [-0.3, -0.25) is 9.59 Å². The number of anilines is 1. The number of hydrogen-bond acceptors (Lipinski definition) is 4. The molecule has 3 N–H and O–H groups in total. The standard InChI is InChI=1S/C21H27N3O3/c1-15-8-10-16(11-9-15)24-20(25)14-22-19-7-3-2-6-18(19)21(26)23-13-17-5-4-12-27-17/h2-7,12,15-16,22H,8-11,13-14H2,1H3,(H,23,26)(H,24,25). The van der Waals surface area contributed by atoms with Crippen LogP contribution < -0.4 is 16.0 Å². The number of furan rings is 1. The average molecular weight is 369 g/mol. The lowest BCUT2D eigenvalue weighted by atomic mass is 9.87. The molecular weight excluding hydrogens is 342 g/mol. The Morgan fingerprint density at radius 2 is 1.85 bits per heavy atom. The quantitative estimate of drug-likeness (QED) is 0.699. The van der Waals surface area contributed by atoms with Gasteiger partial charge in [0.25, 0.3) is 5.91 Å². The van der Waals surface area contributed by atoms with Crippen LogP contribution in [0.25, 0.3) is 0 Å². The first-order valence-electron chi connectivity index (χ1n) is 9.54. The summed E-state index contributed by atoms with van der Waals surface area (Å²) in [6.07, 6.45) is 5.98. The summed E-state index contributed by atoms with van der Waals surface area (Å²) in [6, 6.07) is 11.0. The van der Waals surface area contributed by atoms with Crippen LogP contribution in [0, 0.1) is 5.92 Å². The molecule has 2 amide bonds. The predicted octanol–water partition coefficient (Wildman–Crippen LogP) is 3.32. The molecule has 1 aliphatic rings. The Balaban J connectivity index is 1.51. The van der Waals surface area contributed by atoms with E-state index in [1.807, 2.05) is 6.07 Å². The van der Waals surface area contributed by atoms with Crippen molar-refractivity contribution in [1.82, 2.24) is 10.6 Å². The lowest BCUT2D eigenvalue weighted by Gasteiger charge is -2.27. The molecule has 1 aromatic heterocycles. The molecular formula is C21H27N3O3. The zero-order chi connectivity index (χ0) is 19.1. The van der Waals surface area contributed by atoms with Gasteiger partial charge in [-0.25, -0.2) is 0 Å². The van der Waals surface area contributed by atoms with Crippen LogP contribution in [0.4, 0.5) is 5.69 Å². The number of benzene rings is 1. The normalized spacial score (nSPS) is 19.3. The van der Waals surface area contributed by atoms with E-state index in [1.54, 1.807) is 36.6 Å². The summed E-state index contributed by atoms with van der Waals surface area (Å²) in [5.74, 6) is 1.19. The van der Waals surface area contributed by atoms with Crippen molar-refractivity contribution in [3.8, 4) is 0 Å². The van der Waals surface area contributed by atoms with Gasteiger partial charge in [0.05, 0.1) is 24.9 Å². The summed E-state index contributed by atoms with van der Waals surface area (Å²) in [6.45, 7) is 2.72. The second kappa shape index (κ2) is 9.26. The van der Waals surface area contributed by atoms with Crippen molar-refractivity contribution < 1.29 is 14.0 Å². The zero-order valence-electron chi connectivity index (χ0n) is 15.7. The summed E-state index contributed by atoms with van der Waals surface area (Å²) in [7, 11) is 0. The second-order valence-electron chi connectivity index (χ2n) is 7.19. The van der Waals surface area contributed by atoms with Crippen molar-refractivity contribution in [2.75, 3.05) is 11.9 Å². The Morgan fingerprint density at radius 3 is 2.59 bits per heavy atom. The molecule has 0 unspecified atom stereocenters. The SMILES string of the molecule is CC1CCC(NC(=O)CNc2ccccc2C(=O)NCc2ccco2)CC1. The number of amides is 2. The highest BCUT2D eigenvalue weighted by Crippen LogP contribution is 2.23. The molecule has 1 heterocycles. The molecule has 0 saturated heterocycles. The lowest BCUT2D eigenvalue weighted by Crippen LogP contribution is -2.40. The van der Waals surface area contributed by atoms with Crippen LogP contribution in [0.1, 0.15) is 48.7 Å². The van der Waals surface area contributed by atoms with E-state index in [0.717, 1.165) is 31.6 Å². The summed E-state index contributed by atoms with van der Waals surface area (Å²) in [5.41, 5.74) is 1.14. The van der Waals surface area contributed by atoms with E-state index in [4.69, 9.17) is 4.42 Å². The molecule has 0 atom stereocenters. The molecule has 27 heavy (non-hydrogen) atoms. The summed E-state index contributed by atoms with van der Waals surface area (Å²) < 4.78 is 5.22. The van der Waals surface area contributed by atoms with Gasteiger partial charge in [0.15, 0.2) is 0 Å². The lowest BCUT2D eigenvalue weighted by molar-refractivity contribution is -0.120. The van der Waals surface area contributed by atoms with Crippen molar-refractivity contribution in [2.45, 2.75) is 45.2 Å². The highest BCUT2D eigenvalue weighted by molar-refractivity contribution is 6.00. The third-order valence-electron chi connectivity index (χ3n) is 5.00. The first-order chi connectivity index (χ1) is 13.1. The van der Waals surface area contributed by atoms with Gasteiger partial charge in [-0.2, -0.15) is 0 Å². The van der Waals surface area contributed by atoms with E-state index in [1.165, 1.54) is 0 Å². The van der Waals surface area contributed by atoms with Crippen LogP contribution in [0.3, 0.4) is 0 Å². The Bertz CT molecular complexity index is 750. The molecule has 0 spiro atoms. The van der Waals surface area contributed by atoms with E-state index >= 15 is 0 Å². The van der Waals surface area contributed by atoms with E-state index in [0.29, 0.717) is 23.6 Å². The Hall–Kier alpha value is -2.76. The van der Waals surface area contributed by atoms with Crippen LogP contribution >= 0.6 is 0 Å². The number of carbonyl (C=O) groups is 2. The highest BCUT2D eigenvalue weighted by atomic mass is 16.3. The fourth-order valence-corrected chi connectivity index (χ4v) is 3.37. The molecule has 1 aromatic carbocycles. The zero-order valence-corrected chi connectivity index (χ0v) is 15.7. The minimum absolute atomic E-state index is 0.0413. The van der Waals surface area contributed by atoms with Gasteiger partial charge in [0.2, 0.25) is 5.91 Å². The molecule has 1 fully saturated rings. The maximum absolute atomic E-state index is 12.5. The minimum Gasteiger partial charge on any atom is -0.467 e. The van der Waals surface area contributed by atoms with Gasteiger partial charge in [-0.15, -0.1) is 0 Å². The molecule has 1 aliphatic carbocycles. The van der Waals surface area contributed by atoms with E-state index < -0.39 is 0 Å². The number of para-hydroxylation sites is 1. The maximum Gasteiger partial charge on any atom is 0.253 e. The van der Waals surface area contributed by atoms with E-state index in [2.05, 4.69) is 22.9 Å². The largest absolute Gasteiger partial charge is 0.467 e. The summed E-state index contributed by atoms with van der Waals surface area (Å²) in [5, 5.41) is 9.00. The Kier molecular flexibility index (Phi) is 6.52. The van der Waals surface area contributed by atoms with Crippen LogP contribution in [0.15, 0.2) is 47.1 Å². The van der Waals surface area contributed by atoms with Crippen molar-refractivity contribution in [2.24, 2.45) is 5.92 Å². The third-order valence-corrected chi connectivity index (χ3v) is 5.00. The molecule has 2 aromatic rings. The Labute approximate surface area is 159 Å². The predicted molar refractivity (Wildman–Crippen MR) is 104 cm³/mol. The van der Waals surface area contributed by atoms with E-state index in [-0.39, 0.29) is 24.4 Å². The maximum atomic E-state index is 12.5. The number of hydrogen-bond donors (Lipinski definition) is 3. The molecule has 0 bridgehead atoms. The number of carbonyl (C=O) groups excluding carboxylic acids is 2. The molecule has 1 saturated carbocycles. The minimum atomic E-state index is -0.212. The van der Waals surface area contributed by atoms with Crippen molar-refractivity contribution in [3.63, 3.8) is 0 Å². The molecule has 6 nitrogen and oxygen atoms in total. The summed E-state index contributed by atoms with van der Waals surface area (Å²) >= 11 is 0. The van der Waals surface area contributed by atoms with Crippen molar-refractivity contribution in [1.29, 1.82) is 0 Å². The fraction of sp³-hybridized carbons (Fsp3) is 0.429. The fourth-order valence-electron chi connectivity index (χ4n) is 3.37. The third kappa shape index (κ3) is 5.61. The van der Waals surface area contributed by atoms with Gasteiger partial charge in [0, 0.05) is 11.7 Å². The van der Waals surface area contributed by atoms with Gasteiger partial charge < -0.3 is 20.4 Å². The summed E-state index contributed by atoms with van der Waals surface area (Å²) in [4.78, 5) is 24.7. The monoisotopic (exact) mass is 369 g/mol. The molecule has 0 aliphatic heterocycles. The van der Waals surface area contributed by atoms with Crippen molar-refractivity contribution >= 4 is 17.5 Å². The van der Waals surface area contributed by atoms with Crippen LogP contribution in [0.2, 0.25) is 0 Å². The topological polar surface area (TPSA) is 83.4 Å². The number of rotatable bonds is 7. The average Bonchev–Trinajstić information content (AvgIpc) is 3.20. The van der Waals surface area contributed by atoms with E-state index in [9.17, 15) is 9.59 Å². The first kappa shape index (κ1) is 19.0. The van der Waals surface area contributed by atoms with Crippen LogP contribution in [0.5, 0.6) is 0 Å². The molecule has 3 rings (SSSR count). The molecule has 144 valence electrons. The Morgan fingerprint density at radius 1 is 1.07 bits per heavy atom. The smallest absolute Gasteiger partial charge is 0.253 e. The van der Waals surface area contributed by atoms with Crippen LogP contribution in [-0.2, 0) is 11.3 Å². The van der Waals surface area contributed by atoms with Gasteiger partial charge in [0.1, 0.15) is 5.76 Å². The second-order valence-corrected chi connectivity index (χ2v) is 7.19. The van der Waals surface area contributed by atoms with Gasteiger partial charge in [-0.1, -0.05) is 19.1 Å². The van der Waals surface area contributed by atoms with Crippen LogP contribution in [-0.4, -0.2) is 24.4 Å². The highest BCUT2D eigenvalue weighted by Gasteiger charge is 2.20. The molecule has 6 heteroatoms. The first-order valence-corrected chi connectivity index (χ1v) is 9.54.